The molecule has 0 spiro atoms. The number of rotatable bonds is 12. The first-order valence-corrected chi connectivity index (χ1v) is 12.5. The molecule has 1 saturated heterocycles. The van der Waals surface area contributed by atoms with Crippen molar-refractivity contribution in [3.05, 3.63) is 64.2 Å². The highest BCUT2D eigenvalue weighted by atomic mass is 35.5. The van der Waals surface area contributed by atoms with Gasteiger partial charge in [0.25, 0.3) is 0 Å². The molecular weight excluding hydrogens is 472 g/mol. The van der Waals surface area contributed by atoms with Crippen molar-refractivity contribution in [3.8, 4) is 5.75 Å². The fraction of sp³-hybridized carbons (Fsp3) is 0.556. The molecule has 0 aromatic heterocycles. The number of ether oxygens (including phenoxy) is 3. The topological polar surface area (TPSA) is 109 Å². The van der Waals surface area contributed by atoms with Crippen molar-refractivity contribution in [1.82, 2.24) is 0 Å². The van der Waals surface area contributed by atoms with E-state index in [9.17, 15) is 10.2 Å². The molecule has 4 N–H and O–H groups in total. The van der Waals surface area contributed by atoms with Gasteiger partial charge in [0.1, 0.15) is 5.75 Å². The summed E-state index contributed by atoms with van der Waals surface area (Å²) in [5.41, 5.74) is 3.17. The molecule has 35 heavy (non-hydrogen) atoms. The van der Waals surface area contributed by atoms with Crippen LogP contribution in [-0.4, -0.2) is 72.3 Å². The van der Waals surface area contributed by atoms with Crippen LogP contribution in [0.4, 0.5) is 0 Å². The summed E-state index contributed by atoms with van der Waals surface area (Å²) in [7, 11) is 1.00. The number of benzene rings is 2. The van der Waals surface area contributed by atoms with Crippen LogP contribution in [0.15, 0.2) is 42.5 Å². The smallest absolute Gasteiger partial charge is 0.119 e. The van der Waals surface area contributed by atoms with Crippen molar-refractivity contribution in [2.45, 2.75) is 63.4 Å². The van der Waals surface area contributed by atoms with Gasteiger partial charge in [0, 0.05) is 31.6 Å². The average molecular weight is 511 g/mol. The van der Waals surface area contributed by atoms with Crippen LogP contribution in [-0.2, 0) is 15.9 Å². The molecule has 4 atom stereocenters. The maximum Gasteiger partial charge on any atom is 0.119 e. The molecule has 1 fully saturated rings. The fourth-order valence-corrected chi connectivity index (χ4v) is 4.31. The molecule has 2 aromatic rings. The number of aliphatic hydroxyl groups excluding tert-OH is 4. The molecule has 3 rings (SSSR count). The zero-order valence-corrected chi connectivity index (χ0v) is 21.4. The summed E-state index contributed by atoms with van der Waals surface area (Å²) in [5.74, 6) is 0.851. The Bertz CT molecular complexity index is 846. The number of aliphatic hydroxyl groups is 4. The highest BCUT2D eigenvalue weighted by Crippen LogP contribution is 2.35. The summed E-state index contributed by atoms with van der Waals surface area (Å²) < 4.78 is 17.7. The molecule has 0 saturated carbocycles. The number of hydrogen-bond acceptors (Lipinski definition) is 7. The molecule has 1 heterocycles. The lowest BCUT2D eigenvalue weighted by Gasteiger charge is -2.35. The molecule has 4 unspecified atom stereocenters. The van der Waals surface area contributed by atoms with E-state index in [0.717, 1.165) is 29.5 Å². The summed E-state index contributed by atoms with van der Waals surface area (Å²) in [4.78, 5) is 0. The van der Waals surface area contributed by atoms with Crippen LogP contribution in [0.25, 0.3) is 0 Å². The SMILES string of the molecule is CCOc1ccc(Cc2cc(C3CC(OCCCC(O)CO)CC(CO)O3)ccc2Cl)cc1.CO. The first kappa shape index (κ1) is 29.5. The Morgan fingerprint density at radius 1 is 1.09 bits per heavy atom. The first-order chi connectivity index (χ1) is 17.0. The summed E-state index contributed by atoms with van der Waals surface area (Å²) in [5, 5.41) is 35.8. The highest BCUT2D eigenvalue weighted by Gasteiger charge is 2.31. The lowest BCUT2D eigenvalue weighted by Crippen LogP contribution is -2.35. The normalized spacial score (nSPS) is 20.6. The van der Waals surface area contributed by atoms with Crippen LogP contribution >= 0.6 is 11.6 Å². The Labute approximate surface area is 213 Å². The van der Waals surface area contributed by atoms with Crippen molar-refractivity contribution >= 4 is 11.6 Å². The van der Waals surface area contributed by atoms with Gasteiger partial charge in [-0.05, 0) is 61.1 Å². The third-order valence-corrected chi connectivity index (χ3v) is 6.25. The lowest BCUT2D eigenvalue weighted by molar-refractivity contribution is -0.130. The number of hydrogen-bond donors (Lipinski definition) is 4. The van der Waals surface area contributed by atoms with Gasteiger partial charge in [-0.15, -0.1) is 0 Å². The van der Waals surface area contributed by atoms with Gasteiger partial charge in [0.05, 0.1) is 44.2 Å². The minimum Gasteiger partial charge on any atom is -0.494 e. The Kier molecular flexibility index (Phi) is 13.6. The number of halogens is 1. The van der Waals surface area contributed by atoms with Gasteiger partial charge in [-0.25, -0.2) is 0 Å². The van der Waals surface area contributed by atoms with Crippen molar-refractivity contribution in [2.24, 2.45) is 0 Å². The van der Waals surface area contributed by atoms with Crippen molar-refractivity contribution in [1.29, 1.82) is 0 Å². The first-order valence-electron chi connectivity index (χ1n) is 12.1. The minimum absolute atomic E-state index is 0.0441. The fourth-order valence-electron chi connectivity index (χ4n) is 4.12. The third-order valence-electron chi connectivity index (χ3n) is 5.88. The van der Waals surface area contributed by atoms with Gasteiger partial charge in [-0.3, -0.25) is 0 Å². The second-order valence-corrected chi connectivity index (χ2v) is 8.88. The van der Waals surface area contributed by atoms with Crippen LogP contribution in [0, 0.1) is 0 Å². The van der Waals surface area contributed by atoms with Crippen LogP contribution in [0.5, 0.6) is 5.75 Å². The predicted molar refractivity (Wildman–Crippen MR) is 136 cm³/mol. The van der Waals surface area contributed by atoms with Gasteiger partial charge < -0.3 is 34.6 Å². The summed E-state index contributed by atoms with van der Waals surface area (Å²) in [6.45, 7) is 2.80. The van der Waals surface area contributed by atoms with Gasteiger partial charge in [0.2, 0.25) is 0 Å². The van der Waals surface area contributed by atoms with E-state index in [1.807, 2.05) is 43.3 Å². The van der Waals surface area contributed by atoms with Gasteiger partial charge in [-0.1, -0.05) is 35.9 Å². The van der Waals surface area contributed by atoms with E-state index in [2.05, 4.69) is 6.07 Å². The Balaban J connectivity index is 0.00000210. The summed E-state index contributed by atoms with van der Waals surface area (Å²) in [6, 6.07) is 14.0. The van der Waals surface area contributed by atoms with Crippen LogP contribution in [0.3, 0.4) is 0 Å². The largest absolute Gasteiger partial charge is 0.494 e. The maximum atomic E-state index is 9.73. The van der Waals surface area contributed by atoms with Crippen LogP contribution in [0.2, 0.25) is 5.02 Å². The van der Waals surface area contributed by atoms with E-state index in [1.165, 1.54) is 0 Å². The Morgan fingerprint density at radius 2 is 1.83 bits per heavy atom. The quantitative estimate of drug-likeness (QED) is 0.323. The molecule has 8 heteroatoms. The van der Waals surface area contributed by atoms with Crippen molar-refractivity contribution in [3.63, 3.8) is 0 Å². The highest BCUT2D eigenvalue weighted by molar-refractivity contribution is 6.31. The predicted octanol–water partition coefficient (Wildman–Crippen LogP) is 3.67. The zero-order chi connectivity index (χ0) is 25.6. The van der Waals surface area contributed by atoms with E-state index < -0.39 is 6.10 Å². The van der Waals surface area contributed by atoms with Gasteiger partial charge in [-0.2, -0.15) is 0 Å². The van der Waals surface area contributed by atoms with E-state index in [0.29, 0.717) is 50.3 Å². The van der Waals surface area contributed by atoms with E-state index in [-0.39, 0.29) is 31.5 Å². The molecule has 0 amide bonds. The molecule has 1 aliphatic heterocycles. The second kappa shape index (κ2) is 16.1. The molecular formula is C27H39ClO7. The standard InChI is InChI=1S/C26H35ClO6.CH4O/c1-2-31-22-8-5-18(6-9-22)12-20-13-19(7-10-25(20)27)26-15-23(14-24(17-29)33-26)32-11-3-4-21(30)16-28;1-2/h5-10,13,21,23-24,26,28-30H,2-4,11-12,14-17H2,1H3;2H,1H3. The molecule has 0 bridgehead atoms. The molecule has 7 nitrogen and oxygen atoms in total. The van der Waals surface area contributed by atoms with E-state index >= 15 is 0 Å². The van der Waals surface area contributed by atoms with Crippen molar-refractivity contribution < 1.29 is 34.6 Å². The lowest BCUT2D eigenvalue weighted by atomic mass is 9.94. The minimum atomic E-state index is -0.705. The zero-order valence-electron chi connectivity index (χ0n) is 20.6. The molecule has 0 aliphatic carbocycles. The van der Waals surface area contributed by atoms with E-state index in [4.69, 9.17) is 36.0 Å². The Morgan fingerprint density at radius 3 is 2.49 bits per heavy atom. The van der Waals surface area contributed by atoms with Crippen LogP contribution < -0.4 is 4.74 Å². The third kappa shape index (κ3) is 9.69. The van der Waals surface area contributed by atoms with Crippen LogP contribution in [0.1, 0.15) is 55.4 Å². The average Bonchev–Trinajstić information content (AvgIpc) is 2.90. The summed E-state index contributed by atoms with van der Waals surface area (Å²) >= 11 is 6.50. The molecule has 1 aliphatic rings. The summed E-state index contributed by atoms with van der Waals surface area (Å²) in [6.07, 6.45) is 1.94. The van der Waals surface area contributed by atoms with Gasteiger partial charge >= 0.3 is 0 Å². The van der Waals surface area contributed by atoms with Gasteiger partial charge in [0.15, 0.2) is 0 Å². The van der Waals surface area contributed by atoms with E-state index in [1.54, 1.807) is 0 Å². The monoisotopic (exact) mass is 510 g/mol. The second-order valence-electron chi connectivity index (χ2n) is 8.48. The molecule has 0 radical (unpaired) electrons. The molecule has 196 valence electrons. The Hall–Kier alpha value is -1.71. The molecule has 2 aromatic carbocycles. The maximum absolute atomic E-state index is 9.73. The van der Waals surface area contributed by atoms with Crippen molar-refractivity contribution in [2.75, 3.05) is 33.5 Å².